The Bertz CT molecular complexity index is 298. The van der Waals surface area contributed by atoms with E-state index in [4.69, 9.17) is 18.0 Å². The molecular weight excluding hydrogens is 237 g/mol. The molecule has 14 heavy (non-hydrogen) atoms. The second-order valence-electron chi connectivity index (χ2n) is 3.49. The third-order valence-corrected chi connectivity index (χ3v) is 5.41. The van der Waals surface area contributed by atoms with Crippen LogP contribution < -0.4 is 5.73 Å². The normalized spacial score (nSPS) is 11.6. The molecule has 0 heterocycles. The predicted molar refractivity (Wildman–Crippen MR) is 73.5 cm³/mol. The molecule has 1 aromatic carbocycles. The second-order valence-corrected chi connectivity index (χ2v) is 7.99. The molecule has 0 radical (unpaired) electrons. The Labute approximate surface area is 136 Å². The van der Waals surface area contributed by atoms with Gasteiger partial charge in [0.05, 0.1) is 0 Å². The topological polar surface area (TPSA) is 26.0 Å². The third kappa shape index (κ3) is 4.74. The molecule has 0 atom stereocenters. The van der Waals surface area contributed by atoms with Gasteiger partial charge >= 0.3 is 51.4 Å². The summed E-state index contributed by atoms with van der Waals surface area (Å²) in [5, 5.41) is 0. The molecule has 2 N–H and O–H groups in total. The molecule has 0 bridgehead atoms. The SMILES string of the molecule is CS(C)(Cc1ccccc1)C(N)=S.[KH]. The van der Waals surface area contributed by atoms with Crippen LogP contribution in [0.3, 0.4) is 0 Å². The van der Waals surface area contributed by atoms with Gasteiger partial charge in [-0.3, -0.25) is 0 Å². The molecule has 1 rings (SSSR count). The first-order valence-corrected chi connectivity index (χ1v) is 7.09. The second kappa shape index (κ2) is 6.63. The van der Waals surface area contributed by atoms with Crippen LogP contribution in [0.4, 0.5) is 0 Å². The van der Waals surface area contributed by atoms with Gasteiger partial charge in [-0.15, -0.1) is 0 Å². The van der Waals surface area contributed by atoms with Crippen molar-refractivity contribution in [3.05, 3.63) is 35.9 Å². The number of rotatable bonds is 2. The zero-order chi connectivity index (χ0) is 9.90. The fourth-order valence-electron chi connectivity index (χ4n) is 1.06. The Hall–Kier alpha value is 1.10. The number of thiocarbonyl (C=S) groups is 1. The summed E-state index contributed by atoms with van der Waals surface area (Å²) >= 11 is 5.05. The molecule has 1 nitrogen and oxygen atoms in total. The van der Waals surface area contributed by atoms with E-state index in [-0.39, 0.29) is 51.4 Å². The van der Waals surface area contributed by atoms with Crippen molar-refractivity contribution in [3.63, 3.8) is 0 Å². The van der Waals surface area contributed by atoms with Crippen LogP contribution in [0.1, 0.15) is 5.56 Å². The Balaban J connectivity index is 0.00000169. The van der Waals surface area contributed by atoms with Crippen molar-refractivity contribution in [2.75, 3.05) is 12.5 Å². The third-order valence-electron chi connectivity index (χ3n) is 1.91. The predicted octanol–water partition coefficient (Wildman–Crippen LogP) is 1.85. The van der Waals surface area contributed by atoms with Crippen molar-refractivity contribution in [3.8, 4) is 0 Å². The first-order chi connectivity index (χ1) is 6.02. The van der Waals surface area contributed by atoms with Crippen molar-refractivity contribution in [1.29, 1.82) is 0 Å². The minimum atomic E-state index is -0.942. The van der Waals surface area contributed by atoms with Gasteiger partial charge in [-0.25, -0.2) is 0 Å². The van der Waals surface area contributed by atoms with Gasteiger partial charge in [0.2, 0.25) is 0 Å². The Morgan fingerprint density at radius 2 is 1.79 bits per heavy atom. The summed E-state index contributed by atoms with van der Waals surface area (Å²) in [4.78, 5) is 0. The van der Waals surface area contributed by atoms with E-state index < -0.39 is 10.0 Å². The Morgan fingerprint density at radius 1 is 1.29 bits per heavy atom. The van der Waals surface area contributed by atoms with Gasteiger partial charge in [0.15, 0.2) is 0 Å². The Kier molecular flexibility index (Phi) is 7.15. The quantitative estimate of drug-likeness (QED) is 0.643. The van der Waals surface area contributed by atoms with Crippen molar-refractivity contribution < 1.29 is 0 Å². The van der Waals surface area contributed by atoms with Gasteiger partial charge in [0.25, 0.3) is 0 Å². The summed E-state index contributed by atoms with van der Waals surface area (Å²) in [7, 11) is -0.942. The van der Waals surface area contributed by atoms with E-state index in [9.17, 15) is 0 Å². The molecule has 74 valence electrons. The average molecular weight is 253 g/mol. The number of hydrogen-bond acceptors (Lipinski definition) is 1. The average Bonchev–Trinajstić information content (AvgIpc) is 2.05. The van der Waals surface area contributed by atoms with Gasteiger partial charge in [-0.2, -0.15) is 10.0 Å². The van der Waals surface area contributed by atoms with Crippen LogP contribution >= 0.6 is 22.2 Å². The molecule has 0 aliphatic rings. The number of nitrogens with two attached hydrogens (primary N) is 1. The summed E-state index contributed by atoms with van der Waals surface area (Å²) in [6.45, 7) is 0. The van der Waals surface area contributed by atoms with Crippen LogP contribution in [0.15, 0.2) is 30.3 Å². The van der Waals surface area contributed by atoms with Gasteiger partial charge in [-0.1, -0.05) is 42.5 Å². The van der Waals surface area contributed by atoms with Gasteiger partial charge in [-0.05, 0) is 18.1 Å². The molecule has 0 spiro atoms. The van der Waals surface area contributed by atoms with E-state index in [1.54, 1.807) is 0 Å². The molecule has 0 saturated carbocycles. The van der Waals surface area contributed by atoms with E-state index in [1.807, 2.05) is 18.2 Å². The fourth-order valence-corrected chi connectivity index (χ4v) is 2.41. The van der Waals surface area contributed by atoms with Crippen LogP contribution in [0.5, 0.6) is 0 Å². The monoisotopic (exact) mass is 253 g/mol. The van der Waals surface area contributed by atoms with Gasteiger partial charge in [0.1, 0.15) is 4.32 Å². The van der Waals surface area contributed by atoms with E-state index in [0.29, 0.717) is 4.32 Å². The van der Waals surface area contributed by atoms with Crippen molar-refractivity contribution in [1.82, 2.24) is 0 Å². The van der Waals surface area contributed by atoms with Gasteiger partial charge in [0, 0.05) is 5.75 Å². The molecule has 0 saturated heterocycles. The van der Waals surface area contributed by atoms with Crippen molar-refractivity contribution in [2.24, 2.45) is 5.73 Å². The number of hydrogen-bond donors (Lipinski definition) is 1. The molecule has 0 aliphatic heterocycles. The van der Waals surface area contributed by atoms with E-state index in [1.165, 1.54) is 5.56 Å². The molecule has 0 aromatic heterocycles. The maximum atomic E-state index is 5.69. The first kappa shape index (κ1) is 15.1. The van der Waals surface area contributed by atoms with Gasteiger partial charge < -0.3 is 5.73 Å². The van der Waals surface area contributed by atoms with Crippen LogP contribution in [0.25, 0.3) is 0 Å². The van der Waals surface area contributed by atoms with E-state index >= 15 is 0 Å². The van der Waals surface area contributed by atoms with Crippen molar-refractivity contribution in [2.45, 2.75) is 5.75 Å². The fraction of sp³-hybridized carbons (Fsp3) is 0.300. The summed E-state index contributed by atoms with van der Waals surface area (Å²) in [6.07, 6.45) is 4.31. The first-order valence-electron chi connectivity index (χ1n) is 4.07. The molecule has 4 heteroatoms. The van der Waals surface area contributed by atoms with Crippen LogP contribution in [-0.4, -0.2) is 68.2 Å². The van der Waals surface area contributed by atoms with Crippen molar-refractivity contribution >= 4 is 78.0 Å². The zero-order valence-corrected chi connectivity index (χ0v) is 9.62. The minimum absolute atomic E-state index is 0. The summed E-state index contributed by atoms with van der Waals surface area (Å²) in [6, 6.07) is 10.3. The molecule has 0 amide bonds. The molecular formula is C10H16KNS2. The Morgan fingerprint density at radius 3 is 2.21 bits per heavy atom. The summed E-state index contributed by atoms with van der Waals surface area (Å²) in [5.41, 5.74) is 7.00. The van der Waals surface area contributed by atoms with E-state index in [0.717, 1.165) is 5.75 Å². The molecule has 1 aromatic rings. The van der Waals surface area contributed by atoms with E-state index in [2.05, 4.69) is 24.6 Å². The van der Waals surface area contributed by atoms with Crippen LogP contribution in [-0.2, 0) is 5.75 Å². The van der Waals surface area contributed by atoms with Crippen LogP contribution in [0.2, 0.25) is 0 Å². The van der Waals surface area contributed by atoms with Crippen LogP contribution in [0, 0.1) is 0 Å². The molecule has 0 aliphatic carbocycles. The summed E-state index contributed by atoms with van der Waals surface area (Å²) < 4.78 is 0.663. The number of benzene rings is 1. The molecule has 0 unspecified atom stereocenters. The standard InChI is InChI=1S/C10H15NS2.K.H/c1-13(2,10(11)12)8-9-6-4-3-5-7-9;;/h3-7H,8H2,1-2H3,(H2,11,12);;. The maximum absolute atomic E-state index is 5.69. The summed E-state index contributed by atoms with van der Waals surface area (Å²) in [5.74, 6) is 0.989. The zero-order valence-electron chi connectivity index (χ0n) is 7.99. The molecule has 0 fully saturated rings.